The van der Waals surface area contributed by atoms with E-state index < -0.39 is 0 Å². The standard InChI is InChI=1S/C14H20BrN/c1-14(2,10-15)9-11-4-5-13-12(8-11)6-7-16(13)3/h4-5,8H,6-7,9-10H2,1-3H3. The Labute approximate surface area is 107 Å². The predicted molar refractivity (Wildman–Crippen MR) is 74.7 cm³/mol. The van der Waals surface area contributed by atoms with Crippen molar-refractivity contribution in [1.82, 2.24) is 0 Å². The van der Waals surface area contributed by atoms with Crippen molar-refractivity contribution in [2.75, 3.05) is 23.8 Å². The number of alkyl halides is 1. The molecule has 2 rings (SSSR count). The van der Waals surface area contributed by atoms with Gasteiger partial charge in [0.15, 0.2) is 0 Å². The number of likely N-dealkylation sites (N-methyl/N-ethyl adjacent to an activating group) is 1. The Morgan fingerprint density at radius 2 is 2.12 bits per heavy atom. The van der Waals surface area contributed by atoms with Gasteiger partial charge in [0, 0.05) is 24.6 Å². The molecule has 0 saturated carbocycles. The van der Waals surface area contributed by atoms with Gasteiger partial charge in [-0.15, -0.1) is 0 Å². The van der Waals surface area contributed by atoms with Crippen molar-refractivity contribution in [2.24, 2.45) is 5.41 Å². The van der Waals surface area contributed by atoms with Crippen LogP contribution in [0.4, 0.5) is 5.69 Å². The quantitative estimate of drug-likeness (QED) is 0.765. The van der Waals surface area contributed by atoms with Gasteiger partial charge in [0.25, 0.3) is 0 Å². The number of anilines is 1. The maximum absolute atomic E-state index is 3.59. The highest BCUT2D eigenvalue weighted by molar-refractivity contribution is 9.09. The fourth-order valence-electron chi connectivity index (χ4n) is 2.33. The van der Waals surface area contributed by atoms with E-state index in [1.807, 2.05) is 0 Å². The molecule has 0 saturated heterocycles. The van der Waals surface area contributed by atoms with Crippen molar-refractivity contribution in [3.8, 4) is 0 Å². The molecule has 0 fully saturated rings. The molecule has 0 aromatic heterocycles. The normalized spacial score (nSPS) is 15.4. The van der Waals surface area contributed by atoms with Crippen molar-refractivity contribution in [1.29, 1.82) is 0 Å². The van der Waals surface area contributed by atoms with Gasteiger partial charge in [-0.2, -0.15) is 0 Å². The minimum atomic E-state index is 0.346. The molecule has 0 spiro atoms. The first-order valence-corrected chi connectivity index (χ1v) is 7.03. The number of hydrogen-bond donors (Lipinski definition) is 0. The average molecular weight is 282 g/mol. The summed E-state index contributed by atoms with van der Waals surface area (Å²) in [6, 6.07) is 6.95. The third-order valence-corrected chi connectivity index (χ3v) is 4.83. The highest BCUT2D eigenvalue weighted by Gasteiger charge is 2.19. The maximum atomic E-state index is 3.59. The number of halogens is 1. The number of hydrogen-bond acceptors (Lipinski definition) is 1. The average Bonchev–Trinajstić information content (AvgIpc) is 2.60. The summed E-state index contributed by atoms with van der Waals surface area (Å²) in [5.74, 6) is 0. The second-order valence-corrected chi connectivity index (χ2v) is 6.17. The van der Waals surface area contributed by atoms with E-state index in [1.165, 1.54) is 29.8 Å². The van der Waals surface area contributed by atoms with Crippen LogP contribution in [0.1, 0.15) is 25.0 Å². The van der Waals surface area contributed by atoms with Crippen molar-refractivity contribution < 1.29 is 0 Å². The van der Waals surface area contributed by atoms with Crippen LogP contribution in [0.2, 0.25) is 0 Å². The Kier molecular flexibility index (Phi) is 3.29. The first kappa shape index (κ1) is 12.0. The summed E-state index contributed by atoms with van der Waals surface area (Å²) in [7, 11) is 2.17. The zero-order valence-electron chi connectivity index (χ0n) is 10.4. The SMILES string of the molecule is CN1CCc2cc(CC(C)(C)CBr)ccc21. The van der Waals surface area contributed by atoms with E-state index in [4.69, 9.17) is 0 Å². The van der Waals surface area contributed by atoms with E-state index in [9.17, 15) is 0 Å². The van der Waals surface area contributed by atoms with Crippen molar-refractivity contribution in [3.05, 3.63) is 29.3 Å². The lowest BCUT2D eigenvalue weighted by molar-refractivity contribution is 0.425. The highest BCUT2D eigenvalue weighted by Crippen LogP contribution is 2.30. The molecular formula is C14H20BrN. The van der Waals surface area contributed by atoms with Gasteiger partial charge in [-0.05, 0) is 35.4 Å². The number of rotatable bonds is 3. The molecule has 1 aliphatic rings. The molecule has 0 N–H and O–H groups in total. The van der Waals surface area contributed by atoms with Gasteiger partial charge < -0.3 is 4.90 Å². The van der Waals surface area contributed by atoms with Crippen LogP contribution in [0.5, 0.6) is 0 Å². The minimum absolute atomic E-state index is 0.346. The van der Waals surface area contributed by atoms with Crippen LogP contribution in [-0.2, 0) is 12.8 Å². The van der Waals surface area contributed by atoms with Crippen molar-refractivity contribution >= 4 is 21.6 Å². The summed E-state index contributed by atoms with van der Waals surface area (Å²) in [6.07, 6.45) is 2.35. The molecule has 2 heteroatoms. The molecule has 1 aromatic rings. The predicted octanol–water partition coefficient (Wildman–Crippen LogP) is 3.64. The molecule has 0 unspecified atom stereocenters. The minimum Gasteiger partial charge on any atom is -0.374 e. The summed E-state index contributed by atoms with van der Waals surface area (Å²) in [5, 5.41) is 1.05. The van der Waals surface area contributed by atoms with Crippen LogP contribution in [-0.4, -0.2) is 18.9 Å². The summed E-state index contributed by atoms with van der Waals surface area (Å²) in [4.78, 5) is 2.34. The summed E-state index contributed by atoms with van der Waals surface area (Å²) >= 11 is 3.59. The zero-order valence-corrected chi connectivity index (χ0v) is 12.0. The Balaban J connectivity index is 2.20. The number of fused-ring (bicyclic) bond motifs is 1. The fourth-order valence-corrected chi connectivity index (χ4v) is 2.53. The van der Waals surface area contributed by atoms with Gasteiger partial charge in [0.1, 0.15) is 0 Å². The fraction of sp³-hybridized carbons (Fsp3) is 0.571. The lowest BCUT2D eigenvalue weighted by Crippen LogP contribution is -2.16. The molecule has 1 heterocycles. The lowest BCUT2D eigenvalue weighted by Gasteiger charge is -2.22. The smallest absolute Gasteiger partial charge is 0.0397 e. The van der Waals surface area contributed by atoms with E-state index in [0.717, 1.165) is 11.8 Å². The van der Waals surface area contributed by atoms with E-state index in [2.05, 4.69) is 59.9 Å². The maximum Gasteiger partial charge on any atom is 0.0397 e. The first-order chi connectivity index (χ1) is 7.52. The van der Waals surface area contributed by atoms with Crippen molar-refractivity contribution in [2.45, 2.75) is 26.7 Å². The van der Waals surface area contributed by atoms with Crippen molar-refractivity contribution in [3.63, 3.8) is 0 Å². The number of benzene rings is 1. The second kappa shape index (κ2) is 4.40. The Hall–Kier alpha value is -0.500. The first-order valence-electron chi connectivity index (χ1n) is 5.91. The number of nitrogens with zero attached hydrogens (tertiary/aromatic N) is 1. The zero-order chi connectivity index (χ0) is 11.8. The molecule has 0 bridgehead atoms. The van der Waals surface area contributed by atoms with E-state index in [-0.39, 0.29) is 0 Å². The molecule has 88 valence electrons. The molecule has 1 nitrogen and oxygen atoms in total. The van der Waals surface area contributed by atoms with Crippen LogP contribution in [0.15, 0.2) is 18.2 Å². The summed E-state index contributed by atoms with van der Waals surface area (Å²) in [6.45, 7) is 5.78. The molecular weight excluding hydrogens is 262 g/mol. The van der Waals surface area contributed by atoms with Crippen LogP contribution < -0.4 is 4.90 Å². The Morgan fingerprint density at radius 1 is 1.38 bits per heavy atom. The molecule has 16 heavy (non-hydrogen) atoms. The van der Waals surface area contributed by atoms with E-state index in [0.29, 0.717) is 5.41 Å². The monoisotopic (exact) mass is 281 g/mol. The molecule has 0 amide bonds. The summed E-state index contributed by atoms with van der Waals surface area (Å²) in [5.41, 5.74) is 4.75. The second-order valence-electron chi connectivity index (χ2n) is 5.61. The van der Waals surface area contributed by atoms with Gasteiger partial charge in [0.2, 0.25) is 0 Å². The molecule has 1 aromatic carbocycles. The third-order valence-electron chi connectivity index (χ3n) is 3.32. The van der Waals surface area contributed by atoms with Crippen LogP contribution in [0.3, 0.4) is 0 Å². The van der Waals surface area contributed by atoms with E-state index in [1.54, 1.807) is 0 Å². The van der Waals surface area contributed by atoms with Gasteiger partial charge in [0.05, 0.1) is 0 Å². The molecule has 0 radical (unpaired) electrons. The molecule has 0 aliphatic carbocycles. The van der Waals surface area contributed by atoms with Gasteiger partial charge in [-0.1, -0.05) is 41.9 Å². The molecule has 1 aliphatic heterocycles. The van der Waals surface area contributed by atoms with Gasteiger partial charge in [-0.3, -0.25) is 0 Å². The van der Waals surface area contributed by atoms with Gasteiger partial charge in [-0.25, -0.2) is 0 Å². The van der Waals surface area contributed by atoms with Crippen LogP contribution >= 0.6 is 15.9 Å². The van der Waals surface area contributed by atoms with Crippen LogP contribution in [0, 0.1) is 5.41 Å². The lowest BCUT2D eigenvalue weighted by atomic mass is 9.87. The summed E-state index contributed by atoms with van der Waals surface area (Å²) < 4.78 is 0. The Bertz CT molecular complexity index is 384. The highest BCUT2D eigenvalue weighted by atomic mass is 79.9. The van der Waals surface area contributed by atoms with Crippen LogP contribution in [0.25, 0.3) is 0 Å². The van der Waals surface area contributed by atoms with E-state index >= 15 is 0 Å². The third kappa shape index (κ3) is 2.42. The Morgan fingerprint density at radius 3 is 2.81 bits per heavy atom. The largest absolute Gasteiger partial charge is 0.374 e. The van der Waals surface area contributed by atoms with Gasteiger partial charge >= 0.3 is 0 Å². The molecule has 0 atom stereocenters. The topological polar surface area (TPSA) is 3.24 Å².